The summed E-state index contributed by atoms with van der Waals surface area (Å²) in [4.78, 5) is 0. The summed E-state index contributed by atoms with van der Waals surface area (Å²) in [5.41, 5.74) is 6.51. The topological polar surface area (TPSA) is 55.5 Å². The predicted octanol–water partition coefficient (Wildman–Crippen LogP) is 2.76. The van der Waals surface area contributed by atoms with Gasteiger partial charge in [0.25, 0.3) is 0 Å². The van der Waals surface area contributed by atoms with Gasteiger partial charge < -0.3 is 15.6 Å². The zero-order valence-electron chi connectivity index (χ0n) is 10.7. The van der Waals surface area contributed by atoms with E-state index < -0.39 is 12.1 Å². The minimum atomic E-state index is -0.671. The number of benzene rings is 1. The molecule has 0 saturated heterocycles. The van der Waals surface area contributed by atoms with Crippen LogP contribution in [-0.2, 0) is 0 Å². The zero-order valence-corrected chi connectivity index (χ0v) is 11.5. The monoisotopic (exact) mass is 257 g/mol. The standard InChI is InChI=1S/C13H20ClNO2/c1-13(2,3)12(16)11(15)9-7-8(14)5-6-10(9)17-4/h5-7,11-12,16H,15H2,1-4H3/t11-,12-/m0/s1. The lowest BCUT2D eigenvalue weighted by Gasteiger charge is -2.31. The van der Waals surface area contributed by atoms with Gasteiger partial charge >= 0.3 is 0 Å². The third-order valence-electron chi connectivity index (χ3n) is 2.78. The summed E-state index contributed by atoms with van der Waals surface area (Å²) in [6.45, 7) is 5.82. The number of aliphatic hydroxyl groups excluding tert-OH is 1. The van der Waals surface area contributed by atoms with Gasteiger partial charge in [0.1, 0.15) is 5.75 Å². The molecule has 0 saturated carbocycles. The number of methoxy groups -OCH3 is 1. The molecular formula is C13H20ClNO2. The molecule has 96 valence electrons. The van der Waals surface area contributed by atoms with Gasteiger partial charge in [-0.05, 0) is 23.6 Å². The van der Waals surface area contributed by atoms with E-state index in [9.17, 15) is 5.11 Å². The summed E-state index contributed by atoms with van der Waals surface area (Å²) >= 11 is 5.94. The minimum Gasteiger partial charge on any atom is -0.496 e. The Labute approximate surface area is 108 Å². The molecule has 0 aliphatic carbocycles. The fourth-order valence-corrected chi connectivity index (χ4v) is 1.85. The van der Waals surface area contributed by atoms with E-state index in [1.807, 2.05) is 20.8 Å². The van der Waals surface area contributed by atoms with Crippen LogP contribution in [0.4, 0.5) is 0 Å². The maximum Gasteiger partial charge on any atom is 0.123 e. The van der Waals surface area contributed by atoms with E-state index in [4.69, 9.17) is 22.1 Å². The van der Waals surface area contributed by atoms with Gasteiger partial charge in [-0.1, -0.05) is 32.4 Å². The number of hydrogen-bond acceptors (Lipinski definition) is 3. The number of aliphatic hydroxyl groups is 1. The van der Waals surface area contributed by atoms with Gasteiger partial charge in [-0.3, -0.25) is 0 Å². The van der Waals surface area contributed by atoms with E-state index in [2.05, 4.69) is 0 Å². The van der Waals surface area contributed by atoms with Crippen molar-refractivity contribution in [2.75, 3.05) is 7.11 Å². The Kier molecular flexibility index (Phi) is 4.42. The summed E-state index contributed by atoms with van der Waals surface area (Å²) in [5, 5.41) is 10.8. The Hall–Kier alpha value is -0.770. The van der Waals surface area contributed by atoms with E-state index in [1.54, 1.807) is 25.3 Å². The van der Waals surface area contributed by atoms with Crippen LogP contribution >= 0.6 is 11.6 Å². The highest BCUT2D eigenvalue weighted by Crippen LogP contribution is 2.34. The first-order valence-electron chi connectivity index (χ1n) is 5.54. The Morgan fingerprint density at radius 1 is 1.35 bits per heavy atom. The van der Waals surface area contributed by atoms with Crippen LogP contribution in [-0.4, -0.2) is 18.3 Å². The molecule has 17 heavy (non-hydrogen) atoms. The Morgan fingerprint density at radius 3 is 2.41 bits per heavy atom. The largest absolute Gasteiger partial charge is 0.496 e. The van der Waals surface area contributed by atoms with Crippen molar-refractivity contribution in [3.63, 3.8) is 0 Å². The first kappa shape index (κ1) is 14.3. The SMILES string of the molecule is COc1ccc(Cl)cc1[C@H](N)[C@H](O)C(C)(C)C. The Morgan fingerprint density at radius 2 is 1.94 bits per heavy atom. The second-order valence-corrected chi connectivity index (χ2v) is 5.66. The first-order chi connectivity index (χ1) is 7.77. The zero-order chi connectivity index (χ0) is 13.2. The highest BCUT2D eigenvalue weighted by Gasteiger charge is 2.30. The van der Waals surface area contributed by atoms with Crippen LogP contribution in [0.15, 0.2) is 18.2 Å². The Balaban J connectivity index is 3.10. The van der Waals surface area contributed by atoms with Gasteiger partial charge in [0.15, 0.2) is 0 Å². The van der Waals surface area contributed by atoms with Crippen LogP contribution in [0.2, 0.25) is 5.02 Å². The summed E-state index contributed by atoms with van der Waals surface area (Å²) in [7, 11) is 1.57. The number of rotatable bonds is 3. The number of ether oxygens (including phenoxy) is 1. The summed E-state index contributed by atoms with van der Waals surface area (Å²) in [6, 6.07) is 4.70. The van der Waals surface area contributed by atoms with Gasteiger partial charge in [0.05, 0.1) is 19.3 Å². The molecule has 0 amide bonds. The predicted molar refractivity (Wildman–Crippen MR) is 70.4 cm³/mol. The molecule has 1 aromatic carbocycles. The molecule has 0 radical (unpaired) electrons. The average Bonchev–Trinajstić information content (AvgIpc) is 2.25. The van der Waals surface area contributed by atoms with Crippen molar-refractivity contribution < 1.29 is 9.84 Å². The molecule has 3 nitrogen and oxygen atoms in total. The smallest absolute Gasteiger partial charge is 0.123 e. The van der Waals surface area contributed by atoms with Crippen molar-refractivity contribution in [1.29, 1.82) is 0 Å². The van der Waals surface area contributed by atoms with Gasteiger partial charge in [-0.25, -0.2) is 0 Å². The molecule has 0 heterocycles. The lowest BCUT2D eigenvalue weighted by atomic mass is 9.82. The molecule has 0 aliphatic heterocycles. The Bertz CT molecular complexity index is 387. The molecule has 0 fully saturated rings. The van der Waals surface area contributed by atoms with Crippen LogP contribution < -0.4 is 10.5 Å². The lowest BCUT2D eigenvalue weighted by molar-refractivity contribution is 0.0394. The lowest BCUT2D eigenvalue weighted by Crippen LogP contribution is -2.37. The van der Waals surface area contributed by atoms with Crippen molar-refractivity contribution in [1.82, 2.24) is 0 Å². The highest BCUT2D eigenvalue weighted by atomic mass is 35.5. The molecule has 0 unspecified atom stereocenters. The molecule has 4 heteroatoms. The molecule has 3 N–H and O–H groups in total. The molecule has 2 atom stereocenters. The van der Waals surface area contributed by atoms with Gasteiger partial charge in [-0.2, -0.15) is 0 Å². The molecule has 0 spiro atoms. The molecule has 0 bridgehead atoms. The van der Waals surface area contributed by atoms with Gasteiger partial charge in [0, 0.05) is 10.6 Å². The van der Waals surface area contributed by atoms with Crippen molar-refractivity contribution in [3.05, 3.63) is 28.8 Å². The summed E-state index contributed by atoms with van der Waals surface area (Å²) in [6.07, 6.45) is -0.671. The van der Waals surface area contributed by atoms with E-state index in [0.29, 0.717) is 10.8 Å². The van der Waals surface area contributed by atoms with Crippen LogP contribution in [0.1, 0.15) is 32.4 Å². The fourth-order valence-electron chi connectivity index (χ4n) is 1.67. The van der Waals surface area contributed by atoms with Crippen molar-refractivity contribution in [2.45, 2.75) is 32.9 Å². The van der Waals surface area contributed by atoms with E-state index in [1.165, 1.54) is 0 Å². The van der Waals surface area contributed by atoms with E-state index in [-0.39, 0.29) is 5.41 Å². The van der Waals surface area contributed by atoms with Crippen LogP contribution in [0.25, 0.3) is 0 Å². The summed E-state index contributed by atoms with van der Waals surface area (Å²) in [5.74, 6) is 0.644. The average molecular weight is 258 g/mol. The number of halogens is 1. The highest BCUT2D eigenvalue weighted by molar-refractivity contribution is 6.30. The number of nitrogens with two attached hydrogens (primary N) is 1. The fraction of sp³-hybridized carbons (Fsp3) is 0.538. The molecule has 0 aromatic heterocycles. The van der Waals surface area contributed by atoms with Crippen molar-refractivity contribution >= 4 is 11.6 Å². The third-order valence-corrected chi connectivity index (χ3v) is 3.01. The molecule has 1 rings (SSSR count). The maximum absolute atomic E-state index is 10.2. The maximum atomic E-state index is 10.2. The second kappa shape index (κ2) is 5.25. The quantitative estimate of drug-likeness (QED) is 0.876. The van der Waals surface area contributed by atoms with Crippen molar-refractivity contribution in [2.24, 2.45) is 11.1 Å². The normalized spacial score (nSPS) is 15.5. The second-order valence-electron chi connectivity index (χ2n) is 5.22. The number of hydrogen-bond donors (Lipinski definition) is 2. The molecule has 0 aliphatic rings. The summed E-state index contributed by atoms with van der Waals surface area (Å²) < 4.78 is 5.23. The van der Waals surface area contributed by atoms with Crippen LogP contribution in [0.3, 0.4) is 0 Å². The molecule has 1 aromatic rings. The van der Waals surface area contributed by atoms with Gasteiger partial charge in [-0.15, -0.1) is 0 Å². The first-order valence-corrected chi connectivity index (χ1v) is 5.92. The van der Waals surface area contributed by atoms with Gasteiger partial charge in [0.2, 0.25) is 0 Å². The van der Waals surface area contributed by atoms with Crippen LogP contribution in [0.5, 0.6) is 5.75 Å². The van der Waals surface area contributed by atoms with Crippen molar-refractivity contribution in [3.8, 4) is 5.75 Å². The van der Waals surface area contributed by atoms with E-state index in [0.717, 1.165) is 5.56 Å². The van der Waals surface area contributed by atoms with E-state index >= 15 is 0 Å². The third kappa shape index (κ3) is 3.35. The van der Waals surface area contributed by atoms with Crippen LogP contribution in [0, 0.1) is 5.41 Å². The molecular weight excluding hydrogens is 238 g/mol. The minimum absolute atomic E-state index is 0.299.